The lowest BCUT2D eigenvalue weighted by molar-refractivity contribution is 0.0589. The molecule has 0 atom stereocenters. The minimum atomic E-state index is -0.625. The van der Waals surface area contributed by atoms with Crippen LogP contribution in [0.3, 0.4) is 0 Å². The highest BCUT2D eigenvalue weighted by Crippen LogP contribution is 2.27. The zero-order valence-corrected chi connectivity index (χ0v) is 12.4. The minimum Gasteiger partial charge on any atom is -0.479 e. The Morgan fingerprint density at radius 3 is 2.55 bits per heavy atom. The third-order valence-corrected chi connectivity index (χ3v) is 3.60. The summed E-state index contributed by atoms with van der Waals surface area (Å²) in [6.07, 6.45) is 5.82. The average Bonchev–Trinajstić information content (AvgIpc) is 2.49. The predicted octanol–water partition coefficient (Wildman–Crippen LogP) is 2.67. The summed E-state index contributed by atoms with van der Waals surface area (Å²) in [5.41, 5.74) is -0.0193. The van der Waals surface area contributed by atoms with Crippen molar-refractivity contribution in [3.05, 3.63) is 10.8 Å². The Morgan fingerprint density at radius 2 is 1.95 bits per heavy atom. The van der Waals surface area contributed by atoms with Crippen molar-refractivity contribution in [1.82, 2.24) is 9.97 Å². The van der Waals surface area contributed by atoms with Crippen LogP contribution in [0.25, 0.3) is 0 Å². The molecule has 0 bridgehead atoms. The number of methoxy groups -OCH3 is 2. The first kappa shape index (κ1) is 14.8. The number of carbonyl (C=O) groups is 1. The van der Waals surface area contributed by atoms with Gasteiger partial charge in [0.25, 0.3) is 0 Å². The lowest BCUT2D eigenvalue weighted by Crippen LogP contribution is -2.23. The molecule has 1 heterocycles. The van der Waals surface area contributed by atoms with Crippen LogP contribution in [0, 0.1) is 0 Å². The number of hydrogen-bond acceptors (Lipinski definition) is 6. The predicted molar refractivity (Wildman–Crippen MR) is 75.4 cm³/mol. The molecule has 1 aliphatic carbocycles. The summed E-state index contributed by atoms with van der Waals surface area (Å²) >= 11 is 6.08. The van der Waals surface area contributed by atoms with Gasteiger partial charge in [0.05, 0.1) is 14.2 Å². The van der Waals surface area contributed by atoms with Gasteiger partial charge in [0.1, 0.15) is 0 Å². The summed E-state index contributed by atoms with van der Waals surface area (Å²) in [6, 6.07) is 0.337. The van der Waals surface area contributed by atoms with Crippen molar-refractivity contribution in [2.24, 2.45) is 0 Å². The number of hydrogen-bond donors (Lipinski definition) is 1. The fraction of sp³-hybridized carbons (Fsp3) is 0.615. The second-order valence-electron chi connectivity index (χ2n) is 4.69. The number of nitrogens with one attached hydrogen (secondary N) is 1. The van der Waals surface area contributed by atoms with Crippen LogP contribution in [-0.4, -0.2) is 36.2 Å². The molecule has 0 spiro atoms. The normalized spacial score (nSPS) is 15.8. The van der Waals surface area contributed by atoms with E-state index in [1.165, 1.54) is 33.5 Å². The van der Waals surface area contributed by atoms with E-state index in [1.807, 2.05) is 0 Å². The van der Waals surface area contributed by atoms with Crippen molar-refractivity contribution >= 4 is 23.4 Å². The zero-order chi connectivity index (χ0) is 14.5. The van der Waals surface area contributed by atoms with Crippen LogP contribution in [0.15, 0.2) is 0 Å². The number of rotatable bonds is 4. The van der Waals surface area contributed by atoms with Crippen LogP contribution in [0.2, 0.25) is 5.15 Å². The Bertz CT molecular complexity index is 490. The first-order valence-electron chi connectivity index (χ1n) is 6.62. The molecule has 2 rings (SSSR count). The van der Waals surface area contributed by atoms with Gasteiger partial charge in [-0.2, -0.15) is 4.98 Å². The van der Waals surface area contributed by atoms with Gasteiger partial charge in [-0.3, -0.25) is 0 Å². The molecule has 1 N–H and O–H groups in total. The maximum absolute atomic E-state index is 11.6. The van der Waals surface area contributed by atoms with Crippen LogP contribution in [0.5, 0.6) is 5.88 Å². The van der Waals surface area contributed by atoms with Crippen LogP contribution >= 0.6 is 11.6 Å². The quantitative estimate of drug-likeness (QED) is 0.862. The second-order valence-corrected chi connectivity index (χ2v) is 5.05. The van der Waals surface area contributed by atoms with Crippen molar-refractivity contribution in [3.8, 4) is 5.88 Å². The Morgan fingerprint density at radius 1 is 1.25 bits per heavy atom. The van der Waals surface area contributed by atoms with Gasteiger partial charge >= 0.3 is 5.97 Å². The summed E-state index contributed by atoms with van der Waals surface area (Å²) in [5.74, 6) is -0.0666. The van der Waals surface area contributed by atoms with Gasteiger partial charge in [-0.25, -0.2) is 9.78 Å². The summed E-state index contributed by atoms with van der Waals surface area (Å²) < 4.78 is 9.70. The van der Waals surface area contributed by atoms with E-state index >= 15 is 0 Å². The molecule has 1 saturated carbocycles. The molecule has 0 unspecified atom stereocenters. The Hall–Kier alpha value is -1.56. The van der Waals surface area contributed by atoms with E-state index in [4.69, 9.17) is 16.3 Å². The molecule has 1 fully saturated rings. The number of ether oxygens (including phenoxy) is 2. The number of anilines is 1. The highest BCUT2D eigenvalue weighted by Gasteiger charge is 2.22. The summed E-state index contributed by atoms with van der Waals surface area (Å²) in [5, 5.41) is 3.42. The van der Waals surface area contributed by atoms with E-state index in [1.54, 1.807) is 0 Å². The Kier molecular flexibility index (Phi) is 5.00. The molecule has 0 aromatic carbocycles. The third-order valence-electron chi connectivity index (χ3n) is 3.34. The molecular weight excluding hydrogens is 282 g/mol. The molecule has 6 nitrogen and oxygen atoms in total. The fourth-order valence-electron chi connectivity index (χ4n) is 2.30. The summed E-state index contributed by atoms with van der Waals surface area (Å²) in [7, 11) is 2.69. The molecule has 0 saturated heterocycles. The van der Waals surface area contributed by atoms with Crippen molar-refractivity contribution in [2.45, 2.75) is 38.1 Å². The van der Waals surface area contributed by atoms with Crippen molar-refractivity contribution < 1.29 is 14.3 Å². The van der Waals surface area contributed by atoms with Gasteiger partial charge in [0.15, 0.2) is 11.0 Å². The molecule has 7 heteroatoms. The maximum Gasteiger partial charge on any atom is 0.362 e. The van der Waals surface area contributed by atoms with E-state index in [0.29, 0.717) is 11.9 Å². The van der Waals surface area contributed by atoms with Crippen molar-refractivity contribution in [2.75, 3.05) is 19.5 Å². The largest absolute Gasteiger partial charge is 0.479 e. The van der Waals surface area contributed by atoms with Crippen LogP contribution in [0.4, 0.5) is 5.82 Å². The summed E-state index contributed by atoms with van der Waals surface area (Å²) in [6.45, 7) is 0. The van der Waals surface area contributed by atoms with E-state index in [0.717, 1.165) is 12.8 Å². The highest BCUT2D eigenvalue weighted by atomic mass is 35.5. The van der Waals surface area contributed by atoms with E-state index in [2.05, 4.69) is 20.0 Å². The molecule has 1 aromatic rings. The van der Waals surface area contributed by atoms with Gasteiger partial charge in [-0.05, 0) is 12.8 Å². The number of aromatic nitrogens is 2. The zero-order valence-electron chi connectivity index (χ0n) is 11.6. The number of carbonyl (C=O) groups excluding carboxylic acids is 1. The maximum atomic E-state index is 11.6. The van der Waals surface area contributed by atoms with Crippen LogP contribution in [0.1, 0.15) is 42.6 Å². The van der Waals surface area contributed by atoms with E-state index < -0.39 is 5.97 Å². The molecule has 1 aliphatic rings. The van der Waals surface area contributed by atoms with Gasteiger partial charge in [0, 0.05) is 6.04 Å². The van der Waals surface area contributed by atoms with Crippen molar-refractivity contribution in [1.29, 1.82) is 0 Å². The number of nitrogens with zero attached hydrogens (tertiary/aromatic N) is 2. The topological polar surface area (TPSA) is 73.3 Å². The fourth-order valence-corrected chi connectivity index (χ4v) is 2.48. The van der Waals surface area contributed by atoms with Gasteiger partial charge in [-0.1, -0.05) is 30.9 Å². The first-order chi connectivity index (χ1) is 9.65. The molecule has 0 amide bonds. The monoisotopic (exact) mass is 299 g/mol. The molecule has 1 aromatic heterocycles. The highest BCUT2D eigenvalue weighted by molar-refractivity contribution is 6.31. The number of halogens is 1. The number of esters is 1. The van der Waals surface area contributed by atoms with Gasteiger partial charge in [0.2, 0.25) is 11.6 Å². The SMILES string of the molecule is COC(=O)c1nc(Cl)c(NC2CCCCC2)nc1OC. The Labute approximate surface area is 122 Å². The smallest absolute Gasteiger partial charge is 0.362 e. The average molecular weight is 300 g/mol. The Balaban J connectivity index is 2.23. The third kappa shape index (κ3) is 3.30. The molecule has 0 aliphatic heterocycles. The molecule has 20 heavy (non-hydrogen) atoms. The lowest BCUT2D eigenvalue weighted by Gasteiger charge is -2.23. The summed E-state index contributed by atoms with van der Waals surface area (Å²) in [4.78, 5) is 19.8. The molecule has 0 radical (unpaired) electrons. The van der Waals surface area contributed by atoms with Gasteiger partial charge < -0.3 is 14.8 Å². The van der Waals surface area contributed by atoms with Gasteiger partial charge in [-0.15, -0.1) is 0 Å². The van der Waals surface area contributed by atoms with Crippen molar-refractivity contribution in [3.63, 3.8) is 0 Å². The lowest BCUT2D eigenvalue weighted by atomic mass is 9.95. The molecule has 110 valence electrons. The van der Waals surface area contributed by atoms with E-state index in [-0.39, 0.29) is 16.7 Å². The van der Waals surface area contributed by atoms with E-state index in [9.17, 15) is 4.79 Å². The second kappa shape index (κ2) is 6.74. The van der Waals surface area contributed by atoms with Crippen LogP contribution in [-0.2, 0) is 4.74 Å². The standard InChI is InChI=1S/C13H18ClN3O3/c1-19-12-9(13(18)20-2)16-10(14)11(17-12)15-8-6-4-3-5-7-8/h8H,3-7H2,1-2H3,(H,15,17). The first-order valence-corrected chi connectivity index (χ1v) is 7.00. The minimum absolute atomic E-state index is 0.0193. The molecular formula is C13H18ClN3O3. The van der Waals surface area contributed by atoms with Crippen LogP contribution < -0.4 is 10.1 Å².